The van der Waals surface area contributed by atoms with E-state index in [-0.39, 0.29) is 18.3 Å². The molecule has 0 aliphatic carbocycles. The summed E-state index contributed by atoms with van der Waals surface area (Å²) in [6.45, 7) is 6.19. The van der Waals surface area contributed by atoms with Crippen LogP contribution >= 0.6 is 23.2 Å². The van der Waals surface area contributed by atoms with Crippen LogP contribution in [0.5, 0.6) is 0 Å². The van der Waals surface area contributed by atoms with Gasteiger partial charge < -0.3 is 40.1 Å². The van der Waals surface area contributed by atoms with Crippen molar-refractivity contribution in [1.29, 1.82) is 0 Å². The molecule has 3 saturated heterocycles. The summed E-state index contributed by atoms with van der Waals surface area (Å²) in [5.74, 6) is -0.129. The van der Waals surface area contributed by atoms with Gasteiger partial charge in [0.2, 0.25) is 5.91 Å². The second kappa shape index (κ2) is 19.6. The second-order valence-electron chi connectivity index (χ2n) is 15.8. The number of benzene rings is 4. The number of carbonyl (C=O) groups is 2. The number of esters is 1. The first-order chi connectivity index (χ1) is 29.3. The minimum atomic E-state index is -0.247. The Kier molecular flexibility index (Phi) is 13.6. The summed E-state index contributed by atoms with van der Waals surface area (Å²) < 4.78 is 15.7. The van der Waals surface area contributed by atoms with Gasteiger partial charge in [0, 0.05) is 90.4 Å². The summed E-state index contributed by atoms with van der Waals surface area (Å²) in [5, 5.41) is 13.8. The zero-order valence-corrected chi connectivity index (χ0v) is 35.4. The van der Waals surface area contributed by atoms with Gasteiger partial charge in [-0.25, -0.2) is 0 Å². The largest absolute Gasteiger partial charge is 0.469 e. The van der Waals surface area contributed by atoms with Crippen molar-refractivity contribution in [1.82, 2.24) is 20.2 Å². The molecular weight excluding hydrogens is 799 g/mol. The molecule has 13 heteroatoms. The van der Waals surface area contributed by atoms with Crippen molar-refractivity contribution in [2.24, 2.45) is 0 Å². The Morgan fingerprint density at radius 3 is 1.82 bits per heavy atom. The van der Waals surface area contributed by atoms with Crippen LogP contribution in [0.3, 0.4) is 0 Å². The van der Waals surface area contributed by atoms with Crippen LogP contribution in [0, 0.1) is 0 Å². The molecule has 0 unspecified atom stereocenters. The highest BCUT2D eigenvalue weighted by Gasteiger charge is 2.19. The first-order valence-corrected chi connectivity index (χ1v) is 21.6. The predicted octanol–water partition coefficient (Wildman–Crippen LogP) is 8.85. The quantitative estimate of drug-likeness (QED) is 0.0818. The second-order valence-corrected chi connectivity index (χ2v) is 16.7. The summed E-state index contributed by atoms with van der Waals surface area (Å²) in [7, 11) is 1.40. The van der Waals surface area contributed by atoms with E-state index in [0.29, 0.717) is 23.7 Å². The Labute approximate surface area is 360 Å². The van der Waals surface area contributed by atoms with Gasteiger partial charge in [0.1, 0.15) is 0 Å². The minimum absolute atomic E-state index is 0.118. The number of nitrogens with one attached hydrogen (secondary N) is 5. The fourth-order valence-corrected chi connectivity index (χ4v) is 8.68. The van der Waals surface area contributed by atoms with Crippen molar-refractivity contribution in [3.63, 3.8) is 0 Å². The summed E-state index contributed by atoms with van der Waals surface area (Å²) in [6.07, 6.45) is 5.15. The molecule has 1 amide bonds. The average molecular weight is 852 g/mol. The first kappa shape index (κ1) is 41.7. The van der Waals surface area contributed by atoms with Gasteiger partial charge in [-0.05, 0) is 103 Å². The Balaban J connectivity index is 0.000000168. The van der Waals surface area contributed by atoms with E-state index in [9.17, 15) is 9.59 Å². The number of anilines is 2. The van der Waals surface area contributed by atoms with Crippen molar-refractivity contribution in [3.8, 4) is 22.5 Å². The van der Waals surface area contributed by atoms with E-state index in [1.54, 1.807) is 0 Å². The fourth-order valence-electron chi connectivity index (χ4n) is 8.23. The van der Waals surface area contributed by atoms with Gasteiger partial charge >= 0.3 is 5.97 Å². The Morgan fingerprint density at radius 2 is 1.28 bits per heavy atom. The number of hydrogen-bond acceptors (Lipinski definition) is 8. The van der Waals surface area contributed by atoms with Gasteiger partial charge in [0.25, 0.3) is 0 Å². The number of rotatable bonds is 11. The third kappa shape index (κ3) is 10.6. The van der Waals surface area contributed by atoms with Crippen LogP contribution in [0.4, 0.5) is 11.4 Å². The van der Waals surface area contributed by atoms with Gasteiger partial charge in [0.05, 0.1) is 42.5 Å². The lowest BCUT2D eigenvalue weighted by atomic mass is 10.1. The Hall–Kier alpha value is -5.04. The van der Waals surface area contributed by atoms with E-state index in [0.717, 1.165) is 144 Å². The normalized spacial score (nSPS) is 16.6. The number of methoxy groups -OCH3 is 1. The monoisotopic (exact) mass is 850 g/mol. The molecule has 6 aromatic rings. The van der Waals surface area contributed by atoms with Gasteiger partial charge in [-0.3, -0.25) is 14.5 Å². The Bertz CT molecular complexity index is 2440. The molecule has 9 rings (SSSR count). The lowest BCUT2D eigenvalue weighted by molar-refractivity contribution is -0.139. The lowest BCUT2D eigenvalue weighted by Crippen LogP contribution is -2.48. The number of halogens is 2. The SMILES string of the molecule is COC(=O)Cc1cccc(-c2cc3cc(Cl)cc(NC4CCOCC4)c3[nH]2)c1.O=C1CN(CCc2cccc(-c3cc4cc(Cl)cc(NC5CCOCC5)c4[nH]3)c2)CCN1. The molecular formula is C47H52Cl2N6O5. The molecule has 11 nitrogen and oxygen atoms in total. The van der Waals surface area contributed by atoms with Crippen LogP contribution in [-0.2, 0) is 36.6 Å². The minimum Gasteiger partial charge on any atom is -0.469 e. The van der Waals surface area contributed by atoms with Crippen molar-refractivity contribution in [2.75, 3.05) is 70.3 Å². The number of piperazine rings is 1. The number of carbonyl (C=O) groups excluding carboxylic acids is 2. The zero-order chi connectivity index (χ0) is 41.4. The highest BCUT2D eigenvalue weighted by atomic mass is 35.5. The van der Waals surface area contributed by atoms with Crippen LogP contribution in [-0.4, -0.2) is 98.5 Å². The fraction of sp³-hybridized carbons (Fsp3) is 0.362. The van der Waals surface area contributed by atoms with E-state index >= 15 is 0 Å². The van der Waals surface area contributed by atoms with Gasteiger partial charge in [0.15, 0.2) is 0 Å². The molecule has 0 radical (unpaired) electrons. The van der Waals surface area contributed by atoms with E-state index in [1.165, 1.54) is 12.7 Å². The summed E-state index contributed by atoms with van der Waals surface area (Å²) >= 11 is 12.8. The number of amides is 1. The number of H-pyrrole nitrogens is 2. The number of aromatic amines is 2. The van der Waals surface area contributed by atoms with Crippen LogP contribution < -0.4 is 16.0 Å². The predicted molar refractivity (Wildman–Crippen MR) is 241 cm³/mol. The van der Waals surface area contributed by atoms with Gasteiger partial charge in [-0.2, -0.15) is 0 Å². The zero-order valence-electron chi connectivity index (χ0n) is 33.9. The summed E-state index contributed by atoms with van der Waals surface area (Å²) in [5.41, 5.74) is 10.6. The highest BCUT2D eigenvalue weighted by molar-refractivity contribution is 6.32. The maximum absolute atomic E-state index is 11.6. The maximum atomic E-state index is 11.6. The smallest absolute Gasteiger partial charge is 0.309 e. The summed E-state index contributed by atoms with van der Waals surface area (Å²) in [6, 6.07) is 29.5. The van der Waals surface area contributed by atoms with Crippen LogP contribution in [0.1, 0.15) is 36.8 Å². The van der Waals surface area contributed by atoms with Crippen molar-refractivity contribution >= 4 is 68.3 Å². The number of ether oxygens (including phenoxy) is 3. The molecule has 0 saturated carbocycles. The molecule has 60 heavy (non-hydrogen) atoms. The molecule has 3 fully saturated rings. The lowest BCUT2D eigenvalue weighted by Gasteiger charge is -2.26. The van der Waals surface area contributed by atoms with Crippen LogP contribution in [0.15, 0.2) is 84.9 Å². The molecule has 314 valence electrons. The molecule has 0 spiro atoms. The number of fused-ring (bicyclic) bond motifs is 2. The first-order valence-electron chi connectivity index (χ1n) is 20.8. The van der Waals surface area contributed by atoms with E-state index in [4.69, 9.17) is 37.4 Å². The van der Waals surface area contributed by atoms with Crippen LogP contribution in [0.2, 0.25) is 10.0 Å². The third-order valence-electron chi connectivity index (χ3n) is 11.4. The standard InChI is InChI=1S/C25H29ClN4O2.C22H23ClN2O3/c26-20-13-19-14-22(29-25(19)23(15-20)28-21-5-10-32-11-6-21)18-3-1-2-17(12-18)4-8-30-9-7-27-24(31)16-30;1-27-21(26)10-14-3-2-4-15(9-14)19-12-16-11-17(23)13-20(22(16)25-19)24-18-5-7-28-8-6-18/h1-3,12-15,21,28-29H,4-11,16H2,(H,27,31);2-4,9,11-13,18,24-25H,5-8,10H2,1H3. The topological polar surface area (TPSA) is 133 Å². The van der Waals surface area contributed by atoms with E-state index in [2.05, 4.69) is 67.2 Å². The third-order valence-corrected chi connectivity index (χ3v) is 11.9. The maximum Gasteiger partial charge on any atom is 0.309 e. The van der Waals surface area contributed by atoms with Crippen LogP contribution in [0.25, 0.3) is 44.3 Å². The molecule has 5 N–H and O–H groups in total. The van der Waals surface area contributed by atoms with Crippen molar-refractivity contribution < 1.29 is 23.8 Å². The van der Waals surface area contributed by atoms with E-state index < -0.39 is 0 Å². The van der Waals surface area contributed by atoms with Crippen molar-refractivity contribution in [3.05, 3.63) is 106 Å². The highest BCUT2D eigenvalue weighted by Crippen LogP contribution is 2.35. The molecule has 3 aliphatic rings. The number of hydrogen-bond donors (Lipinski definition) is 5. The van der Waals surface area contributed by atoms with Gasteiger partial charge in [-0.15, -0.1) is 0 Å². The molecule has 3 aliphatic heterocycles. The average Bonchev–Trinajstić information content (AvgIpc) is 3.90. The summed E-state index contributed by atoms with van der Waals surface area (Å²) in [4.78, 5) is 32.5. The number of nitrogens with zero attached hydrogens (tertiary/aromatic N) is 1. The molecule has 2 aromatic heterocycles. The number of aromatic nitrogens is 2. The molecule has 4 aromatic carbocycles. The van der Waals surface area contributed by atoms with Crippen molar-refractivity contribution in [2.45, 2.75) is 50.6 Å². The molecule has 0 atom stereocenters. The Morgan fingerprint density at radius 1 is 0.750 bits per heavy atom. The van der Waals surface area contributed by atoms with Gasteiger partial charge in [-0.1, -0.05) is 59.6 Å². The van der Waals surface area contributed by atoms with E-state index in [1.807, 2.05) is 48.5 Å². The molecule has 0 bridgehead atoms. The molecule has 5 heterocycles.